The van der Waals surface area contributed by atoms with Crippen LogP contribution in [0.4, 0.5) is 0 Å². The molecule has 0 unspecified atom stereocenters. The number of halogens is 1. The van der Waals surface area contributed by atoms with Crippen LogP contribution in [0.25, 0.3) is 0 Å². The first-order valence-corrected chi connectivity index (χ1v) is 8.34. The first kappa shape index (κ1) is 15.8. The van der Waals surface area contributed by atoms with Crippen LogP contribution in [0.15, 0.2) is 64.8 Å². The van der Waals surface area contributed by atoms with E-state index < -0.39 is 0 Å². The zero-order valence-electron chi connectivity index (χ0n) is 12.1. The number of amides is 1. The van der Waals surface area contributed by atoms with Gasteiger partial charge >= 0.3 is 0 Å². The zero-order valence-corrected chi connectivity index (χ0v) is 13.7. The van der Waals surface area contributed by atoms with Gasteiger partial charge in [0, 0.05) is 5.02 Å². The molecule has 116 valence electrons. The average molecular weight is 344 g/mol. The van der Waals surface area contributed by atoms with Crippen molar-refractivity contribution in [3.05, 3.63) is 70.7 Å². The van der Waals surface area contributed by atoms with Crippen molar-refractivity contribution in [1.82, 2.24) is 5.32 Å². The molecule has 1 N–H and O–H groups in total. The van der Waals surface area contributed by atoms with Gasteiger partial charge in [-0.2, -0.15) is 5.10 Å². The first-order valence-electron chi connectivity index (χ1n) is 7.09. The van der Waals surface area contributed by atoms with Gasteiger partial charge in [0.15, 0.2) is 5.17 Å². The third-order valence-electron chi connectivity index (χ3n) is 3.24. The van der Waals surface area contributed by atoms with Crippen molar-refractivity contribution >= 4 is 40.7 Å². The topological polar surface area (TPSA) is 53.8 Å². The lowest BCUT2D eigenvalue weighted by atomic mass is 10.1. The van der Waals surface area contributed by atoms with E-state index in [0.29, 0.717) is 16.6 Å². The molecule has 3 rings (SSSR count). The number of carbonyl (C=O) groups is 1. The van der Waals surface area contributed by atoms with Crippen molar-refractivity contribution in [3.63, 3.8) is 0 Å². The van der Waals surface area contributed by atoms with E-state index in [-0.39, 0.29) is 11.2 Å². The first-order chi connectivity index (χ1) is 11.2. The second-order valence-corrected chi connectivity index (χ2v) is 6.62. The van der Waals surface area contributed by atoms with Gasteiger partial charge in [0.2, 0.25) is 5.91 Å². The predicted octanol–water partition coefficient (Wildman–Crippen LogP) is 3.50. The van der Waals surface area contributed by atoms with Crippen LogP contribution in [-0.2, 0) is 11.2 Å². The van der Waals surface area contributed by atoms with Gasteiger partial charge in [0.25, 0.3) is 0 Å². The number of rotatable bonds is 4. The van der Waals surface area contributed by atoms with E-state index in [9.17, 15) is 4.79 Å². The zero-order chi connectivity index (χ0) is 16.1. The molecule has 0 radical (unpaired) electrons. The minimum Gasteiger partial charge on any atom is -0.303 e. The van der Waals surface area contributed by atoms with Gasteiger partial charge in [-0.15, -0.1) is 5.10 Å². The molecular weight excluding hydrogens is 330 g/mol. The standard InChI is InChI=1S/C17H14ClN3OS/c18-14-8-4-7-13(9-14)10-15-16(22)20-17(23-15)21-19-11-12-5-2-1-3-6-12/h1-9,11,15H,10H2,(H,20,21,22)/b19-11-/t15-/m0/s1. The fraction of sp³-hybridized carbons (Fsp3) is 0.118. The summed E-state index contributed by atoms with van der Waals surface area (Å²) < 4.78 is 0. The Morgan fingerprint density at radius 2 is 2.00 bits per heavy atom. The van der Waals surface area contributed by atoms with Crippen LogP contribution in [0, 0.1) is 0 Å². The molecule has 2 aromatic carbocycles. The Bertz CT molecular complexity index is 761. The van der Waals surface area contributed by atoms with Crippen LogP contribution in [0.5, 0.6) is 0 Å². The summed E-state index contributed by atoms with van der Waals surface area (Å²) in [5.74, 6) is -0.0522. The maximum absolute atomic E-state index is 12.0. The molecule has 1 heterocycles. The highest BCUT2D eigenvalue weighted by Crippen LogP contribution is 2.24. The van der Waals surface area contributed by atoms with Gasteiger partial charge in [-0.1, -0.05) is 65.8 Å². The van der Waals surface area contributed by atoms with Gasteiger partial charge in [0.1, 0.15) is 0 Å². The Hall–Kier alpha value is -2.11. The summed E-state index contributed by atoms with van der Waals surface area (Å²) in [7, 11) is 0. The van der Waals surface area contributed by atoms with Crippen molar-refractivity contribution < 1.29 is 4.79 Å². The molecule has 0 aromatic heterocycles. The molecule has 0 aliphatic carbocycles. The van der Waals surface area contributed by atoms with Crippen molar-refractivity contribution in [1.29, 1.82) is 0 Å². The highest BCUT2D eigenvalue weighted by Gasteiger charge is 2.30. The fourth-order valence-electron chi connectivity index (χ4n) is 2.15. The monoisotopic (exact) mass is 343 g/mol. The number of amidine groups is 1. The molecule has 1 saturated heterocycles. The van der Waals surface area contributed by atoms with Crippen molar-refractivity contribution in [2.24, 2.45) is 10.2 Å². The van der Waals surface area contributed by atoms with E-state index in [0.717, 1.165) is 11.1 Å². The Kier molecular flexibility index (Phi) is 5.10. The predicted molar refractivity (Wildman–Crippen MR) is 96.1 cm³/mol. The Morgan fingerprint density at radius 3 is 2.78 bits per heavy atom. The van der Waals surface area contributed by atoms with Gasteiger partial charge < -0.3 is 5.32 Å². The number of benzene rings is 2. The van der Waals surface area contributed by atoms with E-state index in [2.05, 4.69) is 15.5 Å². The van der Waals surface area contributed by atoms with E-state index >= 15 is 0 Å². The molecular formula is C17H14ClN3OS. The molecule has 6 heteroatoms. The highest BCUT2D eigenvalue weighted by molar-refractivity contribution is 8.15. The Labute approximate surface area is 143 Å². The fourth-order valence-corrected chi connectivity index (χ4v) is 3.33. The SMILES string of the molecule is O=C1N/C(=N\N=C/c2ccccc2)S[C@H]1Cc1cccc(Cl)c1. The normalized spacial score (nSPS) is 19.4. The molecule has 1 amide bonds. The Balaban J connectivity index is 1.63. The maximum Gasteiger partial charge on any atom is 0.239 e. The van der Waals surface area contributed by atoms with Gasteiger partial charge in [0.05, 0.1) is 11.5 Å². The number of nitrogens with zero attached hydrogens (tertiary/aromatic N) is 2. The molecule has 1 aliphatic heterocycles. The molecule has 1 fully saturated rings. The second kappa shape index (κ2) is 7.44. The summed E-state index contributed by atoms with van der Waals surface area (Å²) in [6.45, 7) is 0. The molecule has 0 spiro atoms. The van der Waals surface area contributed by atoms with Crippen LogP contribution < -0.4 is 5.32 Å². The van der Waals surface area contributed by atoms with Gasteiger partial charge in [-0.25, -0.2) is 0 Å². The highest BCUT2D eigenvalue weighted by atomic mass is 35.5. The third-order valence-corrected chi connectivity index (χ3v) is 4.55. The number of hydrogen-bond acceptors (Lipinski definition) is 4. The number of carbonyl (C=O) groups excluding carboxylic acids is 1. The summed E-state index contributed by atoms with van der Waals surface area (Å²) in [6.07, 6.45) is 2.27. The van der Waals surface area contributed by atoms with E-state index in [4.69, 9.17) is 11.6 Å². The molecule has 2 aromatic rings. The molecule has 4 nitrogen and oxygen atoms in total. The lowest BCUT2D eigenvalue weighted by molar-refractivity contribution is -0.118. The summed E-state index contributed by atoms with van der Waals surface area (Å²) in [5, 5.41) is 11.8. The summed E-state index contributed by atoms with van der Waals surface area (Å²) in [6, 6.07) is 17.2. The third kappa shape index (κ3) is 4.43. The average Bonchev–Trinajstić information content (AvgIpc) is 2.88. The van der Waals surface area contributed by atoms with E-state index in [1.54, 1.807) is 6.21 Å². The van der Waals surface area contributed by atoms with Crippen molar-refractivity contribution in [3.8, 4) is 0 Å². The Morgan fingerprint density at radius 1 is 1.17 bits per heavy atom. The lowest BCUT2D eigenvalue weighted by Gasteiger charge is -2.05. The smallest absolute Gasteiger partial charge is 0.239 e. The van der Waals surface area contributed by atoms with Crippen LogP contribution in [-0.4, -0.2) is 22.5 Å². The summed E-state index contributed by atoms with van der Waals surface area (Å²) >= 11 is 7.36. The summed E-state index contributed by atoms with van der Waals surface area (Å²) in [5.41, 5.74) is 1.99. The van der Waals surface area contributed by atoms with Crippen LogP contribution in [0.2, 0.25) is 5.02 Å². The minimum absolute atomic E-state index is 0.0522. The van der Waals surface area contributed by atoms with Crippen LogP contribution >= 0.6 is 23.4 Å². The molecule has 1 atom stereocenters. The molecule has 1 aliphatic rings. The van der Waals surface area contributed by atoms with Crippen molar-refractivity contribution in [2.75, 3.05) is 0 Å². The number of hydrogen-bond donors (Lipinski definition) is 1. The van der Waals surface area contributed by atoms with Gasteiger partial charge in [-0.3, -0.25) is 4.79 Å². The molecule has 23 heavy (non-hydrogen) atoms. The quantitative estimate of drug-likeness (QED) is 0.682. The summed E-state index contributed by atoms with van der Waals surface area (Å²) in [4.78, 5) is 12.0. The lowest BCUT2D eigenvalue weighted by Crippen LogP contribution is -2.25. The van der Waals surface area contributed by atoms with E-state index in [1.807, 2.05) is 54.6 Å². The molecule has 0 saturated carbocycles. The van der Waals surface area contributed by atoms with Crippen molar-refractivity contribution in [2.45, 2.75) is 11.7 Å². The maximum atomic E-state index is 12.0. The number of thioether (sulfide) groups is 1. The van der Waals surface area contributed by atoms with Crippen LogP contribution in [0.1, 0.15) is 11.1 Å². The minimum atomic E-state index is -0.209. The second-order valence-electron chi connectivity index (χ2n) is 4.99. The van der Waals surface area contributed by atoms with Gasteiger partial charge in [-0.05, 0) is 29.7 Å². The largest absolute Gasteiger partial charge is 0.303 e. The molecule has 0 bridgehead atoms. The van der Waals surface area contributed by atoms with Crippen LogP contribution in [0.3, 0.4) is 0 Å². The van der Waals surface area contributed by atoms with E-state index in [1.165, 1.54) is 11.8 Å². The number of nitrogens with one attached hydrogen (secondary N) is 1.